The molecule has 1 fully saturated rings. The number of nitrogens with zero attached hydrogens (tertiary/aromatic N) is 1. The van der Waals surface area contributed by atoms with E-state index in [0.717, 1.165) is 25.5 Å². The van der Waals surface area contributed by atoms with E-state index in [1.165, 1.54) is 13.8 Å². The number of hydrogen-bond acceptors (Lipinski definition) is 4. The Morgan fingerprint density at radius 3 is 2.48 bits per heavy atom. The van der Waals surface area contributed by atoms with Gasteiger partial charge in [-0.3, -0.25) is 9.59 Å². The van der Waals surface area contributed by atoms with Crippen molar-refractivity contribution in [1.82, 2.24) is 9.62 Å². The number of sulfonamides is 1. The summed E-state index contributed by atoms with van der Waals surface area (Å²) in [5.41, 5.74) is -1.12. The van der Waals surface area contributed by atoms with E-state index in [-0.39, 0.29) is 24.9 Å². The van der Waals surface area contributed by atoms with Gasteiger partial charge in [0.15, 0.2) is 0 Å². The predicted octanol–water partition coefficient (Wildman–Crippen LogP) is 0.418. The van der Waals surface area contributed by atoms with Gasteiger partial charge in [0, 0.05) is 25.6 Å². The van der Waals surface area contributed by atoms with Gasteiger partial charge in [0.2, 0.25) is 15.9 Å². The van der Waals surface area contributed by atoms with Crippen LogP contribution in [0, 0.1) is 5.41 Å². The molecule has 0 aromatic heterocycles. The van der Waals surface area contributed by atoms with Gasteiger partial charge < -0.3 is 10.0 Å². The lowest BCUT2D eigenvalue weighted by molar-refractivity contribution is -0.152. The molecule has 1 rings (SSSR count). The number of likely N-dealkylation sites (tertiary alicyclic amines) is 1. The SMILES string of the molecule is CC(C)(CC(=O)N1CCCCC1CNS(C)(=O)=O)C(=O)O. The number of carbonyl (C=O) groups is 2. The van der Waals surface area contributed by atoms with Gasteiger partial charge in [-0.05, 0) is 33.1 Å². The number of rotatable bonds is 6. The van der Waals surface area contributed by atoms with Gasteiger partial charge in [0.05, 0.1) is 11.7 Å². The second-order valence-electron chi connectivity index (χ2n) is 6.22. The lowest BCUT2D eigenvalue weighted by atomic mass is 9.88. The largest absolute Gasteiger partial charge is 0.481 e. The highest BCUT2D eigenvalue weighted by Crippen LogP contribution is 2.25. The van der Waals surface area contributed by atoms with E-state index < -0.39 is 21.4 Å². The van der Waals surface area contributed by atoms with Crippen molar-refractivity contribution in [2.75, 3.05) is 19.3 Å². The summed E-state index contributed by atoms with van der Waals surface area (Å²) in [5.74, 6) is -1.25. The van der Waals surface area contributed by atoms with E-state index in [4.69, 9.17) is 5.11 Å². The van der Waals surface area contributed by atoms with Crippen LogP contribution in [-0.4, -0.2) is 55.7 Å². The third kappa shape index (κ3) is 5.62. The van der Waals surface area contributed by atoms with E-state index in [1.54, 1.807) is 4.90 Å². The molecule has 1 heterocycles. The number of piperidine rings is 1. The van der Waals surface area contributed by atoms with Crippen LogP contribution in [-0.2, 0) is 19.6 Å². The van der Waals surface area contributed by atoms with E-state index >= 15 is 0 Å². The maximum absolute atomic E-state index is 12.3. The smallest absolute Gasteiger partial charge is 0.309 e. The van der Waals surface area contributed by atoms with Crippen LogP contribution < -0.4 is 4.72 Å². The molecule has 0 aromatic carbocycles. The van der Waals surface area contributed by atoms with Crippen LogP contribution in [0.3, 0.4) is 0 Å². The highest BCUT2D eigenvalue weighted by molar-refractivity contribution is 7.88. The number of hydrogen-bond donors (Lipinski definition) is 2. The van der Waals surface area contributed by atoms with Crippen LogP contribution in [0.4, 0.5) is 0 Å². The Bertz CT molecular complexity index is 501. The Morgan fingerprint density at radius 1 is 1.33 bits per heavy atom. The average Bonchev–Trinajstić information content (AvgIpc) is 2.35. The molecule has 21 heavy (non-hydrogen) atoms. The van der Waals surface area contributed by atoms with Gasteiger partial charge in [-0.1, -0.05) is 0 Å². The number of carboxylic acid groups (broad SMARTS) is 1. The monoisotopic (exact) mass is 320 g/mol. The van der Waals surface area contributed by atoms with Gasteiger partial charge in [-0.15, -0.1) is 0 Å². The minimum Gasteiger partial charge on any atom is -0.481 e. The molecule has 0 spiro atoms. The van der Waals surface area contributed by atoms with Gasteiger partial charge in [-0.25, -0.2) is 13.1 Å². The molecule has 2 N–H and O–H groups in total. The topological polar surface area (TPSA) is 104 Å². The first-order valence-corrected chi connectivity index (χ1v) is 8.89. The Kier molecular flexibility index (Phi) is 5.75. The second-order valence-corrected chi connectivity index (χ2v) is 8.06. The minimum absolute atomic E-state index is 0.0856. The van der Waals surface area contributed by atoms with Gasteiger partial charge in [0.25, 0.3) is 0 Å². The molecular weight excluding hydrogens is 296 g/mol. The highest BCUT2D eigenvalue weighted by Gasteiger charge is 2.35. The lowest BCUT2D eigenvalue weighted by Crippen LogP contribution is -2.50. The summed E-state index contributed by atoms with van der Waals surface area (Å²) in [6, 6.07) is -0.203. The Morgan fingerprint density at radius 2 is 1.95 bits per heavy atom. The maximum Gasteiger partial charge on any atom is 0.309 e. The molecule has 0 radical (unpaired) electrons. The van der Waals surface area contributed by atoms with E-state index in [0.29, 0.717) is 6.54 Å². The molecular formula is C13H24N2O5S. The van der Waals surface area contributed by atoms with Crippen LogP contribution in [0.1, 0.15) is 39.5 Å². The van der Waals surface area contributed by atoms with Crippen LogP contribution in [0.5, 0.6) is 0 Å². The number of aliphatic carboxylic acids is 1. The normalized spacial score (nSPS) is 20.3. The molecule has 0 aliphatic carbocycles. The van der Waals surface area contributed by atoms with Crippen molar-refractivity contribution in [2.45, 2.75) is 45.6 Å². The Balaban J connectivity index is 2.72. The second kappa shape index (κ2) is 6.74. The summed E-state index contributed by atoms with van der Waals surface area (Å²) in [6.07, 6.45) is 3.51. The lowest BCUT2D eigenvalue weighted by Gasteiger charge is -2.37. The molecule has 1 aliphatic rings. The molecule has 0 saturated carbocycles. The fourth-order valence-electron chi connectivity index (χ4n) is 2.34. The van der Waals surface area contributed by atoms with Crippen LogP contribution >= 0.6 is 0 Å². The third-order valence-corrected chi connectivity index (χ3v) is 4.39. The van der Waals surface area contributed by atoms with Crippen molar-refractivity contribution in [3.63, 3.8) is 0 Å². The number of amides is 1. The molecule has 1 aliphatic heterocycles. The van der Waals surface area contributed by atoms with Crippen LogP contribution in [0.15, 0.2) is 0 Å². The minimum atomic E-state index is -3.30. The zero-order valence-electron chi connectivity index (χ0n) is 12.8. The van der Waals surface area contributed by atoms with Crippen LogP contribution in [0.2, 0.25) is 0 Å². The fourth-order valence-corrected chi connectivity index (χ4v) is 2.84. The number of carboxylic acids is 1. The first-order chi connectivity index (χ1) is 9.53. The summed E-state index contributed by atoms with van der Waals surface area (Å²) in [4.78, 5) is 25.1. The van der Waals surface area contributed by atoms with Crippen molar-refractivity contribution in [1.29, 1.82) is 0 Å². The highest BCUT2D eigenvalue weighted by atomic mass is 32.2. The van der Waals surface area contributed by atoms with E-state index in [1.807, 2.05) is 0 Å². The van der Waals surface area contributed by atoms with Crippen molar-refractivity contribution in [3.05, 3.63) is 0 Å². The molecule has 8 heteroatoms. The molecule has 122 valence electrons. The molecule has 1 unspecified atom stereocenters. The van der Waals surface area contributed by atoms with Gasteiger partial charge >= 0.3 is 5.97 Å². The maximum atomic E-state index is 12.3. The summed E-state index contributed by atoms with van der Waals surface area (Å²) in [5, 5.41) is 9.10. The summed E-state index contributed by atoms with van der Waals surface area (Å²) >= 11 is 0. The Hall–Kier alpha value is -1.15. The third-order valence-electron chi connectivity index (χ3n) is 3.70. The van der Waals surface area contributed by atoms with Crippen molar-refractivity contribution in [2.24, 2.45) is 5.41 Å². The zero-order valence-corrected chi connectivity index (χ0v) is 13.6. The molecule has 7 nitrogen and oxygen atoms in total. The molecule has 1 saturated heterocycles. The van der Waals surface area contributed by atoms with Crippen molar-refractivity contribution >= 4 is 21.9 Å². The van der Waals surface area contributed by atoms with Gasteiger partial charge in [-0.2, -0.15) is 0 Å². The van der Waals surface area contributed by atoms with Gasteiger partial charge in [0.1, 0.15) is 0 Å². The predicted molar refractivity (Wildman–Crippen MR) is 78.2 cm³/mol. The summed E-state index contributed by atoms with van der Waals surface area (Å²) < 4.78 is 24.8. The summed E-state index contributed by atoms with van der Waals surface area (Å²) in [6.45, 7) is 3.75. The van der Waals surface area contributed by atoms with E-state index in [2.05, 4.69) is 4.72 Å². The Labute approximate surface area is 125 Å². The molecule has 1 amide bonds. The first kappa shape index (κ1) is 17.9. The number of carbonyl (C=O) groups excluding carboxylic acids is 1. The van der Waals surface area contributed by atoms with E-state index in [9.17, 15) is 18.0 Å². The quantitative estimate of drug-likeness (QED) is 0.738. The molecule has 0 bridgehead atoms. The molecule has 1 atom stereocenters. The average molecular weight is 320 g/mol. The zero-order chi connectivity index (χ0) is 16.3. The molecule has 0 aromatic rings. The standard InChI is InChI=1S/C13H24N2O5S/c1-13(2,12(17)18)8-11(16)15-7-5-4-6-10(15)9-14-21(3,19)20/h10,14H,4-9H2,1-3H3,(H,17,18). The summed E-state index contributed by atoms with van der Waals surface area (Å²) in [7, 11) is -3.30. The first-order valence-electron chi connectivity index (χ1n) is 7.00. The van der Waals surface area contributed by atoms with Crippen molar-refractivity contribution in [3.8, 4) is 0 Å². The van der Waals surface area contributed by atoms with Crippen LogP contribution in [0.25, 0.3) is 0 Å². The number of nitrogens with one attached hydrogen (secondary N) is 1. The fraction of sp³-hybridized carbons (Fsp3) is 0.846. The van der Waals surface area contributed by atoms with Crippen molar-refractivity contribution < 1.29 is 23.1 Å².